The van der Waals surface area contributed by atoms with Gasteiger partial charge in [0.1, 0.15) is 12.3 Å². The fraction of sp³-hybridized carbons (Fsp3) is 0.368. The zero-order valence-electron chi connectivity index (χ0n) is 14.2. The number of aliphatic hydroxyl groups is 1. The number of piperazine rings is 1. The molecule has 0 radical (unpaired) electrons. The van der Waals surface area contributed by atoms with Gasteiger partial charge >= 0.3 is 0 Å². The van der Waals surface area contributed by atoms with Crippen LogP contribution in [0.5, 0.6) is 0 Å². The lowest BCUT2D eigenvalue weighted by Gasteiger charge is -2.34. The lowest BCUT2D eigenvalue weighted by Crippen LogP contribution is -2.51. The molecule has 132 valence electrons. The summed E-state index contributed by atoms with van der Waals surface area (Å²) in [4.78, 5) is 27.7. The molecule has 0 atom stereocenters. The van der Waals surface area contributed by atoms with Gasteiger partial charge in [0.2, 0.25) is 5.91 Å². The second-order valence-electron chi connectivity index (χ2n) is 6.15. The Morgan fingerprint density at radius 3 is 2.28 bits per heavy atom. The summed E-state index contributed by atoms with van der Waals surface area (Å²) in [7, 11) is 0. The molecular weight excluding hydrogens is 318 g/mol. The SMILES string of the molecule is O=C(CO)N1CCN(C(=O)c2cccn2CCc2ccccc2)CC1. The number of benzene rings is 1. The van der Waals surface area contributed by atoms with Crippen LogP contribution >= 0.6 is 0 Å². The topological polar surface area (TPSA) is 65.8 Å². The minimum atomic E-state index is -0.476. The summed E-state index contributed by atoms with van der Waals surface area (Å²) in [5, 5.41) is 8.93. The molecule has 1 aliphatic rings. The maximum atomic E-state index is 12.8. The van der Waals surface area contributed by atoms with Crippen LogP contribution in [0, 0.1) is 0 Å². The molecular formula is C19H23N3O3. The zero-order valence-corrected chi connectivity index (χ0v) is 14.2. The second-order valence-corrected chi connectivity index (χ2v) is 6.15. The van der Waals surface area contributed by atoms with Crippen LogP contribution in [0.25, 0.3) is 0 Å². The molecule has 2 aromatic rings. The van der Waals surface area contributed by atoms with E-state index in [4.69, 9.17) is 5.11 Å². The van der Waals surface area contributed by atoms with Crippen LogP contribution < -0.4 is 0 Å². The first-order chi connectivity index (χ1) is 12.2. The predicted molar refractivity (Wildman–Crippen MR) is 94.1 cm³/mol. The normalized spacial score (nSPS) is 14.6. The highest BCUT2D eigenvalue weighted by Crippen LogP contribution is 2.12. The quantitative estimate of drug-likeness (QED) is 0.883. The molecule has 1 saturated heterocycles. The number of carbonyl (C=O) groups excluding carboxylic acids is 2. The van der Waals surface area contributed by atoms with Crippen molar-refractivity contribution in [3.63, 3.8) is 0 Å². The number of nitrogens with zero attached hydrogens (tertiary/aromatic N) is 3. The summed E-state index contributed by atoms with van der Waals surface area (Å²) < 4.78 is 1.99. The third-order valence-electron chi connectivity index (χ3n) is 4.59. The lowest BCUT2D eigenvalue weighted by atomic mass is 10.1. The van der Waals surface area contributed by atoms with E-state index in [1.165, 1.54) is 5.56 Å². The van der Waals surface area contributed by atoms with Gasteiger partial charge in [-0.05, 0) is 24.1 Å². The molecule has 0 spiro atoms. The van der Waals surface area contributed by atoms with E-state index in [0.717, 1.165) is 13.0 Å². The number of aliphatic hydroxyl groups excluding tert-OH is 1. The fourth-order valence-corrected chi connectivity index (χ4v) is 3.12. The fourth-order valence-electron chi connectivity index (χ4n) is 3.12. The minimum absolute atomic E-state index is 0.00541. The van der Waals surface area contributed by atoms with Crippen LogP contribution in [0.4, 0.5) is 0 Å². The lowest BCUT2D eigenvalue weighted by molar-refractivity contribution is -0.135. The third-order valence-corrected chi connectivity index (χ3v) is 4.59. The first kappa shape index (κ1) is 17.2. The molecule has 0 bridgehead atoms. The van der Waals surface area contributed by atoms with Crippen molar-refractivity contribution < 1.29 is 14.7 Å². The highest BCUT2D eigenvalue weighted by Gasteiger charge is 2.25. The zero-order chi connectivity index (χ0) is 17.6. The summed E-state index contributed by atoms with van der Waals surface area (Å²) in [5.41, 5.74) is 1.92. The molecule has 1 aromatic carbocycles. The molecule has 1 N–H and O–H groups in total. The molecule has 6 nitrogen and oxygen atoms in total. The average molecular weight is 341 g/mol. The van der Waals surface area contributed by atoms with Crippen molar-refractivity contribution in [1.82, 2.24) is 14.4 Å². The van der Waals surface area contributed by atoms with Crippen LogP contribution in [-0.2, 0) is 17.8 Å². The molecule has 2 amide bonds. The van der Waals surface area contributed by atoms with Gasteiger partial charge in [0.15, 0.2) is 0 Å². The average Bonchev–Trinajstić information content (AvgIpc) is 3.14. The maximum absolute atomic E-state index is 12.8. The molecule has 0 unspecified atom stereocenters. The van der Waals surface area contributed by atoms with Crippen molar-refractivity contribution in [3.8, 4) is 0 Å². The van der Waals surface area contributed by atoms with Gasteiger partial charge in [0.25, 0.3) is 5.91 Å². The van der Waals surface area contributed by atoms with Crippen molar-refractivity contribution in [2.24, 2.45) is 0 Å². The Labute approximate surface area is 147 Å². The van der Waals surface area contributed by atoms with Crippen molar-refractivity contribution in [2.75, 3.05) is 32.8 Å². The van der Waals surface area contributed by atoms with Gasteiger partial charge in [-0.1, -0.05) is 30.3 Å². The Balaban J connectivity index is 1.60. The van der Waals surface area contributed by atoms with E-state index in [0.29, 0.717) is 31.9 Å². The van der Waals surface area contributed by atoms with E-state index in [1.807, 2.05) is 41.1 Å². The molecule has 25 heavy (non-hydrogen) atoms. The van der Waals surface area contributed by atoms with E-state index in [9.17, 15) is 9.59 Å². The number of hydrogen-bond acceptors (Lipinski definition) is 3. The maximum Gasteiger partial charge on any atom is 0.270 e. The second kappa shape index (κ2) is 7.98. The smallest absolute Gasteiger partial charge is 0.270 e. The Kier molecular flexibility index (Phi) is 5.50. The minimum Gasteiger partial charge on any atom is -0.387 e. The molecule has 3 rings (SSSR count). The monoisotopic (exact) mass is 341 g/mol. The summed E-state index contributed by atoms with van der Waals surface area (Å²) in [5.74, 6) is -0.285. The van der Waals surface area contributed by atoms with Crippen molar-refractivity contribution in [2.45, 2.75) is 13.0 Å². The third kappa shape index (κ3) is 4.09. The predicted octanol–water partition coefficient (Wildman–Crippen LogP) is 1.01. The van der Waals surface area contributed by atoms with Gasteiger partial charge in [0.05, 0.1) is 0 Å². The van der Waals surface area contributed by atoms with Crippen molar-refractivity contribution in [3.05, 3.63) is 59.9 Å². The summed E-state index contributed by atoms with van der Waals surface area (Å²) in [6.07, 6.45) is 2.80. The number of amides is 2. The number of carbonyl (C=O) groups is 2. The number of aryl methyl sites for hydroxylation is 2. The van der Waals surface area contributed by atoms with Crippen molar-refractivity contribution >= 4 is 11.8 Å². The Morgan fingerprint density at radius 1 is 0.920 bits per heavy atom. The molecule has 1 fully saturated rings. The van der Waals surface area contributed by atoms with Gasteiger partial charge in [-0.2, -0.15) is 0 Å². The molecule has 0 aliphatic carbocycles. The van der Waals surface area contributed by atoms with Gasteiger partial charge in [-0.3, -0.25) is 9.59 Å². The molecule has 2 heterocycles. The van der Waals surface area contributed by atoms with E-state index in [-0.39, 0.29) is 11.8 Å². The highest BCUT2D eigenvalue weighted by atomic mass is 16.3. The Morgan fingerprint density at radius 2 is 1.60 bits per heavy atom. The first-order valence-electron chi connectivity index (χ1n) is 8.56. The van der Waals surface area contributed by atoms with E-state index < -0.39 is 6.61 Å². The van der Waals surface area contributed by atoms with Gasteiger partial charge < -0.3 is 19.5 Å². The van der Waals surface area contributed by atoms with Gasteiger partial charge in [-0.15, -0.1) is 0 Å². The van der Waals surface area contributed by atoms with E-state index >= 15 is 0 Å². The summed E-state index contributed by atoms with van der Waals surface area (Å²) >= 11 is 0. The van der Waals surface area contributed by atoms with Crippen LogP contribution in [-0.4, -0.2) is 64.1 Å². The largest absolute Gasteiger partial charge is 0.387 e. The Hall–Kier alpha value is -2.60. The first-order valence-corrected chi connectivity index (χ1v) is 8.56. The number of hydrogen-bond donors (Lipinski definition) is 1. The molecule has 1 aliphatic heterocycles. The van der Waals surface area contributed by atoms with Gasteiger partial charge in [0, 0.05) is 38.9 Å². The van der Waals surface area contributed by atoms with Gasteiger partial charge in [-0.25, -0.2) is 0 Å². The van der Waals surface area contributed by atoms with Crippen LogP contribution in [0.15, 0.2) is 48.7 Å². The number of rotatable bonds is 5. The Bertz CT molecular complexity index is 719. The number of aromatic nitrogens is 1. The summed E-state index contributed by atoms with van der Waals surface area (Å²) in [6.45, 7) is 2.20. The van der Waals surface area contributed by atoms with Crippen LogP contribution in [0.2, 0.25) is 0 Å². The van der Waals surface area contributed by atoms with Crippen LogP contribution in [0.1, 0.15) is 16.1 Å². The van der Waals surface area contributed by atoms with Crippen molar-refractivity contribution in [1.29, 1.82) is 0 Å². The van der Waals surface area contributed by atoms with Crippen LogP contribution in [0.3, 0.4) is 0 Å². The summed E-state index contributed by atoms with van der Waals surface area (Å²) in [6, 6.07) is 13.9. The molecule has 6 heteroatoms. The van der Waals surface area contributed by atoms with E-state index in [1.54, 1.807) is 9.80 Å². The highest BCUT2D eigenvalue weighted by molar-refractivity contribution is 5.93. The standard InChI is InChI=1S/C19H23N3O3/c23-15-18(24)21-11-13-22(14-12-21)19(25)17-7-4-9-20(17)10-8-16-5-2-1-3-6-16/h1-7,9,23H,8,10-15H2. The molecule has 0 saturated carbocycles. The van der Waals surface area contributed by atoms with E-state index in [2.05, 4.69) is 12.1 Å². The molecule has 1 aromatic heterocycles.